The van der Waals surface area contributed by atoms with Crippen LogP contribution in [0.5, 0.6) is 17.2 Å². The lowest BCUT2D eigenvalue weighted by Gasteiger charge is -2.29. The molecule has 10 nitrogen and oxygen atoms in total. The molecule has 0 fully saturated rings. The summed E-state index contributed by atoms with van der Waals surface area (Å²) in [6.07, 6.45) is 2.03. The summed E-state index contributed by atoms with van der Waals surface area (Å²) < 4.78 is 17.3. The van der Waals surface area contributed by atoms with Crippen molar-refractivity contribution in [3.63, 3.8) is 0 Å². The Bertz CT molecular complexity index is 1190. The highest BCUT2D eigenvalue weighted by molar-refractivity contribution is 9.10. The number of ether oxygens (including phenoxy) is 3. The molecule has 2 aromatic rings. The van der Waals surface area contributed by atoms with E-state index in [1.165, 1.54) is 14.2 Å². The van der Waals surface area contributed by atoms with Crippen molar-refractivity contribution in [2.45, 2.75) is 31.2 Å². The maximum atomic E-state index is 12.6. The van der Waals surface area contributed by atoms with Crippen LogP contribution in [0.2, 0.25) is 0 Å². The molecule has 3 rings (SSSR count). The van der Waals surface area contributed by atoms with Crippen LogP contribution in [0.15, 0.2) is 40.2 Å². The summed E-state index contributed by atoms with van der Waals surface area (Å²) in [5.74, 6) is 0.202. The van der Waals surface area contributed by atoms with Crippen molar-refractivity contribution in [2.75, 3.05) is 31.8 Å². The maximum Gasteiger partial charge on any atom is 0.241 e. The van der Waals surface area contributed by atoms with Gasteiger partial charge in [-0.2, -0.15) is 5.26 Å². The summed E-state index contributed by atoms with van der Waals surface area (Å²) in [5.41, 5.74) is 26.1. The number of nitriles is 1. The van der Waals surface area contributed by atoms with Gasteiger partial charge in [-0.3, -0.25) is 4.79 Å². The highest BCUT2D eigenvalue weighted by atomic mass is 79.9. The molecule has 0 spiro atoms. The Morgan fingerprint density at radius 2 is 2.00 bits per heavy atom. The van der Waals surface area contributed by atoms with Gasteiger partial charge >= 0.3 is 0 Å². The molecule has 9 N–H and O–H groups in total. The standard InChI is InChI=1S/C24H29BrN6O4/c1-33-18-10-12(9-15(25)22(18)34-2)19-13-6-7-17(31-24(32)16(28)5-3-4-8-26)20(29)21(13)35-23(30)14(19)11-27/h6-7,9-10,16,19H,3-5,8,26,28-30H2,1-2H3,(H,31,32)/t16-,19?/m1/s1. The van der Waals surface area contributed by atoms with Gasteiger partial charge in [-0.05, 0) is 59.1 Å². The van der Waals surface area contributed by atoms with Crippen LogP contribution in [0.1, 0.15) is 36.3 Å². The number of methoxy groups -OCH3 is 2. The van der Waals surface area contributed by atoms with Gasteiger partial charge in [0.1, 0.15) is 11.6 Å². The van der Waals surface area contributed by atoms with Crippen LogP contribution in [0.25, 0.3) is 0 Å². The van der Waals surface area contributed by atoms with Crippen molar-refractivity contribution < 1.29 is 19.0 Å². The zero-order chi connectivity index (χ0) is 25.7. The number of hydrogen-bond donors (Lipinski definition) is 5. The third-order valence-corrected chi connectivity index (χ3v) is 6.37. The van der Waals surface area contributed by atoms with Gasteiger partial charge in [-0.25, -0.2) is 0 Å². The number of rotatable bonds is 9. The van der Waals surface area contributed by atoms with Crippen LogP contribution in [-0.2, 0) is 4.79 Å². The van der Waals surface area contributed by atoms with E-state index < -0.39 is 12.0 Å². The SMILES string of the molecule is COc1cc(C2C(C#N)=C(N)Oc3c2ccc(NC(=O)[C@H](N)CCCCN)c3N)cc(Br)c1OC. The lowest BCUT2D eigenvalue weighted by Crippen LogP contribution is -2.36. The number of allylic oxidation sites excluding steroid dienone is 1. The minimum atomic E-state index is -0.704. The number of nitrogen functional groups attached to an aromatic ring is 1. The number of hydrogen-bond acceptors (Lipinski definition) is 9. The van der Waals surface area contributed by atoms with Gasteiger partial charge in [0.15, 0.2) is 17.2 Å². The molecule has 0 aliphatic carbocycles. The van der Waals surface area contributed by atoms with E-state index in [-0.39, 0.29) is 28.8 Å². The lowest BCUT2D eigenvalue weighted by molar-refractivity contribution is -0.117. The molecule has 1 aliphatic heterocycles. The number of amides is 1. The van der Waals surface area contributed by atoms with Gasteiger partial charge < -0.3 is 42.5 Å². The van der Waals surface area contributed by atoms with E-state index in [9.17, 15) is 10.1 Å². The molecule has 0 bridgehead atoms. The van der Waals surface area contributed by atoms with Crippen LogP contribution >= 0.6 is 15.9 Å². The molecule has 1 unspecified atom stereocenters. The number of nitrogens with two attached hydrogens (primary N) is 4. The molecule has 1 heterocycles. The summed E-state index contributed by atoms with van der Waals surface area (Å²) in [7, 11) is 3.06. The first-order chi connectivity index (χ1) is 16.8. The molecule has 0 saturated carbocycles. The van der Waals surface area contributed by atoms with E-state index >= 15 is 0 Å². The van der Waals surface area contributed by atoms with Crippen molar-refractivity contribution in [1.82, 2.24) is 0 Å². The Labute approximate surface area is 212 Å². The predicted molar refractivity (Wildman–Crippen MR) is 137 cm³/mol. The average Bonchev–Trinajstić information content (AvgIpc) is 2.84. The van der Waals surface area contributed by atoms with E-state index in [0.29, 0.717) is 45.8 Å². The Balaban J connectivity index is 2.02. The number of halogens is 1. The van der Waals surface area contributed by atoms with Gasteiger partial charge in [0.25, 0.3) is 0 Å². The van der Waals surface area contributed by atoms with Gasteiger partial charge in [-0.15, -0.1) is 0 Å². The summed E-state index contributed by atoms with van der Waals surface area (Å²) >= 11 is 3.49. The van der Waals surface area contributed by atoms with Crippen LogP contribution in [0.4, 0.5) is 11.4 Å². The third-order valence-electron chi connectivity index (χ3n) is 5.78. The Morgan fingerprint density at radius 1 is 1.26 bits per heavy atom. The molecular weight excluding hydrogens is 516 g/mol. The monoisotopic (exact) mass is 544 g/mol. The van der Waals surface area contributed by atoms with Gasteiger partial charge in [0.05, 0.1) is 42.0 Å². The molecule has 0 saturated heterocycles. The maximum absolute atomic E-state index is 12.6. The van der Waals surface area contributed by atoms with Gasteiger partial charge in [0, 0.05) is 5.56 Å². The Hall–Kier alpha value is -3.46. The van der Waals surface area contributed by atoms with Gasteiger partial charge in [0.2, 0.25) is 11.8 Å². The summed E-state index contributed by atoms with van der Waals surface area (Å²) in [6, 6.07) is 8.41. The predicted octanol–water partition coefficient (Wildman–Crippen LogP) is 2.66. The van der Waals surface area contributed by atoms with Crippen LogP contribution in [-0.4, -0.2) is 32.7 Å². The molecule has 2 atom stereocenters. The topological polar surface area (TPSA) is 185 Å². The van der Waals surface area contributed by atoms with Crippen LogP contribution in [0, 0.1) is 11.3 Å². The molecule has 11 heteroatoms. The largest absolute Gasteiger partial charge is 0.493 e. The zero-order valence-electron chi connectivity index (χ0n) is 19.6. The summed E-state index contributed by atoms with van der Waals surface area (Å²) in [4.78, 5) is 12.6. The summed E-state index contributed by atoms with van der Waals surface area (Å²) in [5, 5.41) is 12.6. The fourth-order valence-corrected chi connectivity index (χ4v) is 4.59. The van der Waals surface area contributed by atoms with E-state index in [4.69, 9.17) is 37.1 Å². The van der Waals surface area contributed by atoms with Crippen molar-refractivity contribution in [3.8, 4) is 23.3 Å². The second kappa shape index (κ2) is 11.3. The zero-order valence-corrected chi connectivity index (χ0v) is 21.1. The van der Waals surface area contributed by atoms with Crippen LogP contribution in [0.3, 0.4) is 0 Å². The van der Waals surface area contributed by atoms with Crippen molar-refractivity contribution in [1.29, 1.82) is 5.26 Å². The van der Waals surface area contributed by atoms with Crippen LogP contribution < -0.4 is 42.5 Å². The van der Waals surface area contributed by atoms with E-state index in [1.54, 1.807) is 18.2 Å². The normalized spacial score (nSPS) is 15.5. The second-order valence-corrected chi connectivity index (χ2v) is 8.84. The van der Waals surface area contributed by atoms with Crippen molar-refractivity contribution >= 4 is 33.2 Å². The molecule has 2 aromatic carbocycles. The number of nitrogens with zero attached hydrogens (tertiary/aromatic N) is 1. The van der Waals surface area contributed by atoms with E-state index in [2.05, 4.69) is 27.3 Å². The smallest absolute Gasteiger partial charge is 0.241 e. The highest BCUT2D eigenvalue weighted by Crippen LogP contribution is 2.49. The molecule has 35 heavy (non-hydrogen) atoms. The fraction of sp³-hybridized carbons (Fsp3) is 0.333. The number of nitrogens with one attached hydrogen (secondary N) is 1. The molecule has 0 radical (unpaired) electrons. The van der Waals surface area contributed by atoms with E-state index in [1.807, 2.05) is 6.07 Å². The third kappa shape index (κ3) is 5.30. The average molecular weight is 545 g/mol. The first-order valence-corrected chi connectivity index (χ1v) is 11.7. The first kappa shape index (κ1) is 26.2. The number of anilines is 2. The Morgan fingerprint density at radius 3 is 2.63 bits per heavy atom. The summed E-state index contributed by atoms with van der Waals surface area (Å²) in [6.45, 7) is 0.543. The number of carbonyl (C=O) groups excluding carboxylic acids is 1. The minimum Gasteiger partial charge on any atom is -0.493 e. The number of carbonyl (C=O) groups is 1. The molecular formula is C24H29BrN6O4. The number of benzene rings is 2. The van der Waals surface area contributed by atoms with Crippen molar-refractivity contribution in [2.24, 2.45) is 17.2 Å². The van der Waals surface area contributed by atoms with Crippen molar-refractivity contribution in [3.05, 3.63) is 51.3 Å². The first-order valence-electron chi connectivity index (χ1n) is 10.9. The van der Waals surface area contributed by atoms with E-state index in [0.717, 1.165) is 12.8 Å². The molecule has 0 aromatic heterocycles. The lowest BCUT2D eigenvalue weighted by atomic mass is 9.83. The molecule has 1 aliphatic rings. The Kier molecular flexibility index (Phi) is 8.45. The highest BCUT2D eigenvalue weighted by Gasteiger charge is 2.34. The minimum absolute atomic E-state index is 0.0791. The number of fused-ring (bicyclic) bond motifs is 1. The number of unbranched alkanes of at least 4 members (excludes halogenated alkanes) is 1. The molecule has 1 amide bonds. The quantitative estimate of drug-likeness (QED) is 0.233. The second-order valence-electron chi connectivity index (χ2n) is 7.99. The van der Waals surface area contributed by atoms with Gasteiger partial charge in [-0.1, -0.05) is 12.5 Å². The molecule has 186 valence electrons. The fourth-order valence-electron chi connectivity index (χ4n) is 3.96.